The van der Waals surface area contributed by atoms with Gasteiger partial charge in [-0.3, -0.25) is 4.79 Å². The average molecular weight is 367 g/mol. The molecule has 2 saturated heterocycles. The van der Waals surface area contributed by atoms with Gasteiger partial charge >= 0.3 is 0 Å². The molecule has 0 spiro atoms. The fraction of sp³-hybridized carbons (Fsp3) is 0.929. The lowest BCUT2D eigenvalue weighted by atomic mass is 9.95. The fourth-order valence-electron chi connectivity index (χ4n) is 2.92. The van der Waals surface area contributed by atoms with Crippen LogP contribution in [0.5, 0.6) is 0 Å². The maximum absolute atomic E-state index is 11.3. The van der Waals surface area contributed by atoms with E-state index in [1.165, 1.54) is 13.8 Å². The molecule has 2 fully saturated rings. The van der Waals surface area contributed by atoms with Crippen LogP contribution in [0.25, 0.3) is 0 Å². The van der Waals surface area contributed by atoms with E-state index in [4.69, 9.17) is 14.2 Å². The van der Waals surface area contributed by atoms with Crippen molar-refractivity contribution in [1.82, 2.24) is 5.32 Å². The quantitative estimate of drug-likeness (QED) is 0.257. The van der Waals surface area contributed by atoms with E-state index in [0.717, 1.165) is 0 Å². The maximum atomic E-state index is 11.3. The third-order valence-electron chi connectivity index (χ3n) is 4.34. The first kappa shape index (κ1) is 20.4. The summed E-state index contributed by atoms with van der Waals surface area (Å²) < 4.78 is 15.8. The molecule has 2 rings (SSSR count). The zero-order valence-corrected chi connectivity index (χ0v) is 13.8. The van der Waals surface area contributed by atoms with Gasteiger partial charge in [-0.2, -0.15) is 0 Å². The predicted octanol–water partition coefficient (Wildman–Crippen LogP) is -4.23. The van der Waals surface area contributed by atoms with Gasteiger partial charge in [-0.05, 0) is 6.92 Å². The highest BCUT2D eigenvalue weighted by Crippen LogP contribution is 2.28. The fourth-order valence-corrected chi connectivity index (χ4v) is 2.92. The van der Waals surface area contributed by atoms with E-state index in [1.54, 1.807) is 0 Å². The minimum absolute atomic E-state index is 0.537. The summed E-state index contributed by atoms with van der Waals surface area (Å²) in [7, 11) is 0. The second-order valence-electron chi connectivity index (χ2n) is 6.25. The SMILES string of the molecule is CC(=O)N[C@H]1[C@@H](O[C@@H]2O[C@H](C)[C@H](O)[C@H](O)[C@H]2O)[C@@H](O)[C@@H](CO)O[C@H]1O. The second-order valence-corrected chi connectivity index (χ2v) is 6.25. The number of amides is 1. The summed E-state index contributed by atoms with van der Waals surface area (Å²) in [6, 6.07) is -1.22. The van der Waals surface area contributed by atoms with Gasteiger partial charge in [0.15, 0.2) is 12.6 Å². The Hall–Kier alpha value is -0.890. The Kier molecular flexibility index (Phi) is 6.70. The summed E-state index contributed by atoms with van der Waals surface area (Å²) in [5.41, 5.74) is 0. The van der Waals surface area contributed by atoms with E-state index in [0.29, 0.717) is 0 Å². The van der Waals surface area contributed by atoms with Gasteiger partial charge in [-0.15, -0.1) is 0 Å². The van der Waals surface area contributed by atoms with E-state index in [9.17, 15) is 35.4 Å². The molecule has 11 nitrogen and oxygen atoms in total. The standard InChI is InChI=1S/C14H25NO10/c1-4-8(18)10(20)11(21)14(23-4)25-12-7(15-5(2)17)13(22)24-6(3-16)9(12)19/h4,6-14,16,18-22H,3H2,1-2H3,(H,15,17)/t4-,6-,7+,8+,9+,10+,11-,12-,13-,14+/m1/s1. The maximum Gasteiger partial charge on any atom is 0.217 e. The van der Waals surface area contributed by atoms with E-state index >= 15 is 0 Å². The Bertz CT molecular complexity index is 465. The van der Waals surface area contributed by atoms with Crippen molar-refractivity contribution in [3.05, 3.63) is 0 Å². The molecule has 0 radical (unpaired) electrons. The third-order valence-corrected chi connectivity index (χ3v) is 4.34. The highest BCUT2D eigenvalue weighted by molar-refractivity contribution is 5.73. The normalized spacial score (nSPS) is 48.2. The van der Waals surface area contributed by atoms with Crippen molar-refractivity contribution >= 4 is 5.91 Å². The van der Waals surface area contributed by atoms with Crippen LogP contribution in [0.4, 0.5) is 0 Å². The molecule has 0 aliphatic carbocycles. The first-order valence-electron chi connectivity index (χ1n) is 7.92. The number of ether oxygens (including phenoxy) is 3. The molecule has 2 heterocycles. The van der Waals surface area contributed by atoms with Crippen molar-refractivity contribution in [1.29, 1.82) is 0 Å². The third kappa shape index (κ3) is 4.27. The lowest BCUT2D eigenvalue weighted by molar-refractivity contribution is -0.337. The zero-order valence-electron chi connectivity index (χ0n) is 13.8. The molecule has 146 valence electrons. The summed E-state index contributed by atoms with van der Waals surface area (Å²) >= 11 is 0. The number of rotatable bonds is 4. The molecule has 11 heteroatoms. The van der Waals surface area contributed by atoms with Crippen molar-refractivity contribution in [3.8, 4) is 0 Å². The first-order valence-corrected chi connectivity index (χ1v) is 7.92. The summed E-state index contributed by atoms with van der Waals surface area (Å²) in [4.78, 5) is 11.3. The van der Waals surface area contributed by atoms with Crippen molar-refractivity contribution in [2.75, 3.05) is 6.61 Å². The van der Waals surface area contributed by atoms with Crippen LogP contribution in [0, 0.1) is 0 Å². The molecule has 0 aromatic heterocycles. The molecule has 0 saturated carbocycles. The Morgan fingerprint density at radius 1 is 1.04 bits per heavy atom. The minimum atomic E-state index is -1.64. The topological polar surface area (TPSA) is 178 Å². The van der Waals surface area contributed by atoms with Crippen molar-refractivity contribution in [3.63, 3.8) is 0 Å². The van der Waals surface area contributed by atoms with E-state index in [1.807, 2.05) is 0 Å². The zero-order chi connectivity index (χ0) is 18.9. The molecule has 10 atom stereocenters. The van der Waals surface area contributed by atoms with E-state index < -0.39 is 73.9 Å². The Morgan fingerprint density at radius 3 is 2.24 bits per heavy atom. The molecule has 25 heavy (non-hydrogen) atoms. The minimum Gasteiger partial charge on any atom is -0.394 e. The van der Waals surface area contributed by atoms with E-state index in [-0.39, 0.29) is 0 Å². The second kappa shape index (κ2) is 8.20. The predicted molar refractivity (Wildman–Crippen MR) is 78.8 cm³/mol. The van der Waals surface area contributed by atoms with Gasteiger partial charge in [-0.1, -0.05) is 0 Å². The smallest absolute Gasteiger partial charge is 0.217 e. The van der Waals surface area contributed by atoms with Gasteiger partial charge in [0.1, 0.15) is 42.7 Å². The molecule has 0 unspecified atom stereocenters. The molecule has 0 aromatic carbocycles. The lowest BCUT2D eigenvalue weighted by Crippen LogP contribution is -2.67. The molecule has 0 aromatic rings. The Balaban J connectivity index is 2.20. The van der Waals surface area contributed by atoms with Crippen LogP contribution in [0.3, 0.4) is 0 Å². The van der Waals surface area contributed by atoms with Gasteiger partial charge in [0.05, 0.1) is 12.7 Å². The number of carbonyl (C=O) groups excluding carboxylic acids is 1. The van der Waals surface area contributed by atoms with Crippen molar-refractivity contribution in [2.24, 2.45) is 0 Å². The van der Waals surface area contributed by atoms with Gasteiger partial charge in [0.2, 0.25) is 5.91 Å². The van der Waals surface area contributed by atoms with E-state index in [2.05, 4.69) is 5.32 Å². The van der Waals surface area contributed by atoms with Crippen LogP contribution in [0.15, 0.2) is 0 Å². The number of hydrogen-bond acceptors (Lipinski definition) is 10. The Morgan fingerprint density at radius 2 is 1.68 bits per heavy atom. The lowest BCUT2D eigenvalue weighted by Gasteiger charge is -2.46. The molecule has 7 N–H and O–H groups in total. The summed E-state index contributed by atoms with van der Waals surface area (Å²) in [5, 5.41) is 61.5. The van der Waals surface area contributed by atoms with Crippen LogP contribution in [-0.4, -0.2) is 105 Å². The van der Waals surface area contributed by atoms with Gasteiger partial charge in [0, 0.05) is 6.92 Å². The van der Waals surface area contributed by atoms with Crippen LogP contribution in [-0.2, 0) is 19.0 Å². The highest BCUT2D eigenvalue weighted by Gasteiger charge is 2.50. The molecule has 2 aliphatic heterocycles. The molecular formula is C14H25NO10. The molecule has 2 aliphatic rings. The number of hydrogen-bond donors (Lipinski definition) is 7. The van der Waals surface area contributed by atoms with Gasteiger partial charge < -0.3 is 50.2 Å². The van der Waals surface area contributed by atoms with Crippen LogP contribution in [0.1, 0.15) is 13.8 Å². The highest BCUT2D eigenvalue weighted by atomic mass is 16.7. The summed E-state index contributed by atoms with van der Waals surface area (Å²) in [5.74, 6) is -0.537. The van der Waals surface area contributed by atoms with Crippen LogP contribution >= 0.6 is 0 Å². The number of aliphatic hydroxyl groups excluding tert-OH is 6. The van der Waals surface area contributed by atoms with Crippen LogP contribution < -0.4 is 5.32 Å². The largest absolute Gasteiger partial charge is 0.394 e. The van der Waals surface area contributed by atoms with Gasteiger partial charge in [0.25, 0.3) is 0 Å². The van der Waals surface area contributed by atoms with Crippen molar-refractivity contribution < 1.29 is 49.6 Å². The molecule has 0 bridgehead atoms. The number of nitrogens with one attached hydrogen (secondary N) is 1. The van der Waals surface area contributed by atoms with Crippen molar-refractivity contribution in [2.45, 2.75) is 75.2 Å². The van der Waals surface area contributed by atoms with Gasteiger partial charge in [-0.25, -0.2) is 0 Å². The monoisotopic (exact) mass is 367 g/mol. The summed E-state index contributed by atoms with van der Waals surface area (Å²) in [6.45, 7) is 2.01. The number of carbonyl (C=O) groups is 1. The summed E-state index contributed by atoms with van der Waals surface area (Å²) in [6.07, 6.45) is -12.4. The van der Waals surface area contributed by atoms with Crippen LogP contribution in [0.2, 0.25) is 0 Å². The Labute approximate surface area is 143 Å². The molecule has 1 amide bonds. The average Bonchev–Trinajstić information content (AvgIpc) is 2.56. The molecular weight excluding hydrogens is 342 g/mol. The first-order chi connectivity index (χ1) is 11.7. The number of aliphatic hydroxyl groups is 6.